The molecule has 0 aliphatic rings. The fraction of sp³-hybridized carbons (Fsp3) is 0.364. The zero-order valence-corrected chi connectivity index (χ0v) is 10.1. The van der Waals surface area contributed by atoms with Gasteiger partial charge in [0.25, 0.3) is 5.56 Å². The summed E-state index contributed by atoms with van der Waals surface area (Å²) in [7, 11) is -1.31. The summed E-state index contributed by atoms with van der Waals surface area (Å²) in [6.45, 7) is 11.0. The molecule has 1 aromatic rings. The Kier molecular flexibility index (Phi) is 3.11. The first kappa shape index (κ1) is 11.0. The quantitative estimate of drug-likeness (QED) is 0.545. The summed E-state index contributed by atoms with van der Waals surface area (Å²) in [5, 5.41) is 1.30. The lowest BCUT2D eigenvalue weighted by molar-refractivity contribution is 0.784. The third kappa shape index (κ3) is 2.45. The van der Waals surface area contributed by atoms with Gasteiger partial charge in [-0.3, -0.25) is 4.79 Å². The van der Waals surface area contributed by atoms with Crippen LogP contribution in [0.3, 0.4) is 0 Å². The Balaban J connectivity index is 3.19. The fourth-order valence-electron chi connectivity index (χ4n) is 1.26. The maximum absolute atomic E-state index is 11.4. The molecule has 0 aliphatic heterocycles. The molecule has 14 heavy (non-hydrogen) atoms. The number of hydrogen-bond acceptors (Lipinski definition) is 1. The maximum Gasteiger partial charge on any atom is 0.250 e. The van der Waals surface area contributed by atoms with Gasteiger partial charge in [0.2, 0.25) is 0 Å². The third-order valence-electron chi connectivity index (χ3n) is 2.18. The second-order valence-electron chi connectivity index (χ2n) is 4.45. The standard InChI is InChI=1S/C11H17NOSi/c1-5-8-12-9-10(14(2,3)4)6-7-11(12)13/h5-7,9H,1,8H2,2-4H3. The number of pyridine rings is 1. The van der Waals surface area contributed by atoms with Gasteiger partial charge >= 0.3 is 0 Å². The number of rotatable bonds is 3. The van der Waals surface area contributed by atoms with E-state index >= 15 is 0 Å². The zero-order valence-electron chi connectivity index (χ0n) is 9.08. The molecule has 0 bridgehead atoms. The van der Waals surface area contributed by atoms with Gasteiger partial charge in [0.1, 0.15) is 0 Å². The Labute approximate surface area is 85.9 Å². The predicted octanol–water partition coefficient (Wildman–Crippen LogP) is 1.58. The van der Waals surface area contributed by atoms with Gasteiger partial charge in [-0.25, -0.2) is 0 Å². The fourth-order valence-corrected chi connectivity index (χ4v) is 2.38. The van der Waals surface area contributed by atoms with Crippen LogP contribution in [0, 0.1) is 0 Å². The summed E-state index contributed by atoms with van der Waals surface area (Å²) < 4.78 is 1.71. The van der Waals surface area contributed by atoms with Crippen LogP contribution in [0.1, 0.15) is 0 Å². The maximum atomic E-state index is 11.4. The first-order chi connectivity index (χ1) is 6.45. The van der Waals surface area contributed by atoms with Crippen molar-refractivity contribution in [2.45, 2.75) is 26.2 Å². The zero-order chi connectivity index (χ0) is 10.8. The van der Waals surface area contributed by atoms with Crippen molar-refractivity contribution in [3.05, 3.63) is 41.3 Å². The molecular weight excluding hydrogens is 190 g/mol. The van der Waals surface area contributed by atoms with Crippen LogP contribution in [-0.2, 0) is 6.54 Å². The monoisotopic (exact) mass is 207 g/mol. The molecular formula is C11H17NOSi. The Morgan fingerprint density at radius 1 is 1.43 bits per heavy atom. The predicted molar refractivity (Wildman–Crippen MR) is 63.9 cm³/mol. The average molecular weight is 207 g/mol. The van der Waals surface area contributed by atoms with E-state index in [2.05, 4.69) is 26.2 Å². The highest BCUT2D eigenvalue weighted by Gasteiger charge is 2.16. The molecule has 76 valence electrons. The van der Waals surface area contributed by atoms with Crippen LogP contribution in [0.15, 0.2) is 35.8 Å². The summed E-state index contributed by atoms with van der Waals surface area (Å²) in [5.41, 5.74) is 0.0481. The summed E-state index contributed by atoms with van der Waals surface area (Å²) in [4.78, 5) is 11.4. The van der Waals surface area contributed by atoms with Gasteiger partial charge in [-0.05, 0) is 5.19 Å². The molecule has 0 amide bonds. The van der Waals surface area contributed by atoms with Crippen LogP contribution in [-0.4, -0.2) is 12.6 Å². The number of hydrogen-bond donors (Lipinski definition) is 0. The minimum absolute atomic E-state index is 0.0481. The van der Waals surface area contributed by atoms with E-state index in [0.29, 0.717) is 6.54 Å². The van der Waals surface area contributed by atoms with E-state index in [-0.39, 0.29) is 5.56 Å². The van der Waals surface area contributed by atoms with E-state index in [1.165, 1.54) is 5.19 Å². The largest absolute Gasteiger partial charge is 0.312 e. The van der Waals surface area contributed by atoms with Crippen molar-refractivity contribution in [3.63, 3.8) is 0 Å². The summed E-state index contributed by atoms with van der Waals surface area (Å²) in [6, 6.07) is 3.60. The number of nitrogens with zero attached hydrogens (tertiary/aromatic N) is 1. The van der Waals surface area contributed by atoms with Crippen molar-refractivity contribution < 1.29 is 0 Å². The van der Waals surface area contributed by atoms with Gasteiger partial charge in [-0.2, -0.15) is 0 Å². The molecule has 0 fully saturated rings. The number of aromatic nitrogens is 1. The first-order valence-corrected chi connectivity index (χ1v) is 8.27. The first-order valence-electron chi connectivity index (χ1n) is 4.77. The Bertz CT molecular complexity index is 387. The molecule has 1 aromatic heterocycles. The summed E-state index contributed by atoms with van der Waals surface area (Å²) in [5.74, 6) is 0. The Hall–Kier alpha value is -1.09. The molecule has 0 N–H and O–H groups in total. The molecule has 3 heteroatoms. The normalized spacial score (nSPS) is 11.4. The third-order valence-corrected chi connectivity index (χ3v) is 4.20. The average Bonchev–Trinajstić information content (AvgIpc) is 2.07. The molecule has 0 saturated carbocycles. The van der Waals surface area contributed by atoms with E-state index in [1.54, 1.807) is 16.7 Å². The van der Waals surface area contributed by atoms with Gasteiger partial charge in [-0.1, -0.05) is 31.8 Å². The SMILES string of the molecule is C=CCn1cc([Si](C)(C)C)ccc1=O. The van der Waals surface area contributed by atoms with Crippen LogP contribution in [0.25, 0.3) is 0 Å². The molecule has 0 radical (unpaired) electrons. The number of allylic oxidation sites excluding steroid dienone is 1. The second kappa shape index (κ2) is 3.96. The summed E-state index contributed by atoms with van der Waals surface area (Å²) >= 11 is 0. The smallest absolute Gasteiger partial charge is 0.250 e. The van der Waals surface area contributed by atoms with Crippen molar-refractivity contribution in [2.24, 2.45) is 0 Å². The highest BCUT2D eigenvalue weighted by atomic mass is 28.3. The lowest BCUT2D eigenvalue weighted by atomic mass is 10.4. The molecule has 1 rings (SSSR count). The van der Waals surface area contributed by atoms with Gasteiger partial charge in [0.15, 0.2) is 0 Å². The van der Waals surface area contributed by atoms with E-state index in [1.807, 2.05) is 12.3 Å². The van der Waals surface area contributed by atoms with Crippen LogP contribution in [0.4, 0.5) is 0 Å². The molecule has 0 aliphatic carbocycles. The topological polar surface area (TPSA) is 22.0 Å². The lowest BCUT2D eigenvalue weighted by Crippen LogP contribution is -2.40. The highest BCUT2D eigenvalue weighted by molar-refractivity contribution is 6.88. The van der Waals surface area contributed by atoms with E-state index in [4.69, 9.17) is 0 Å². The Morgan fingerprint density at radius 2 is 2.07 bits per heavy atom. The minimum atomic E-state index is -1.31. The van der Waals surface area contributed by atoms with Crippen molar-refractivity contribution in [1.82, 2.24) is 4.57 Å². The van der Waals surface area contributed by atoms with E-state index in [9.17, 15) is 4.79 Å². The van der Waals surface area contributed by atoms with Gasteiger partial charge in [-0.15, -0.1) is 6.58 Å². The van der Waals surface area contributed by atoms with Crippen molar-refractivity contribution in [1.29, 1.82) is 0 Å². The van der Waals surface area contributed by atoms with E-state index in [0.717, 1.165) is 0 Å². The van der Waals surface area contributed by atoms with Crippen LogP contribution < -0.4 is 10.7 Å². The molecule has 2 nitrogen and oxygen atoms in total. The van der Waals surface area contributed by atoms with E-state index < -0.39 is 8.07 Å². The molecule has 1 heterocycles. The molecule has 0 atom stereocenters. The molecule has 0 saturated heterocycles. The molecule has 0 spiro atoms. The van der Waals surface area contributed by atoms with Gasteiger partial charge in [0.05, 0.1) is 8.07 Å². The van der Waals surface area contributed by atoms with Crippen molar-refractivity contribution in [3.8, 4) is 0 Å². The van der Waals surface area contributed by atoms with Crippen molar-refractivity contribution >= 4 is 13.3 Å². The van der Waals surface area contributed by atoms with Gasteiger partial charge in [0, 0.05) is 18.8 Å². The Morgan fingerprint density at radius 3 is 2.57 bits per heavy atom. The van der Waals surface area contributed by atoms with Crippen molar-refractivity contribution in [2.75, 3.05) is 0 Å². The van der Waals surface area contributed by atoms with Crippen LogP contribution >= 0.6 is 0 Å². The second-order valence-corrected chi connectivity index (χ2v) is 9.52. The van der Waals surface area contributed by atoms with Crippen LogP contribution in [0.2, 0.25) is 19.6 Å². The molecule has 0 aromatic carbocycles. The molecule has 0 unspecified atom stereocenters. The lowest BCUT2D eigenvalue weighted by Gasteiger charge is -2.17. The van der Waals surface area contributed by atoms with Gasteiger partial charge < -0.3 is 4.57 Å². The summed E-state index contributed by atoms with van der Waals surface area (Å²) in [6.07, 6.45) is 3.71. The highest BCUT2D eigenvalue weighted by Crippen LogP contribution is 1.99. The minimum Gasteiger partial charge on any atom is -0.312 e. The van der Waals surface area contributed by atoms with Crippen LogP contribution in [0.5, 0.6) is 0 Å².